The van der Waals surface area contributed by atoms with Crippen molar-refractivity contribution < 1.29 is 27.5 Å². The Morgan fingerprint density at radius 1 is 1.03 bits per heavy atom. The van der Waals surface area contributed by atoms with Gasteiger partial charge in [0, 0.05) is 22.5 Å². The van der Waals surface area contributed by atoms with Gasteiger partial charge in [-0.15, -0.1) is 0 Å². The monoisotopic (exact) mass is 478 g/mol. The van der Waals surface area contributed by atoms with E-state index in [1.54, 1.807) is 60.7 Å². The van der Waals surface area contributed by atoms with Crippen molar-refractivity contribution in [1.29, 1.82) is 0 Å². The van der Waals surface area contributed by atoms with Gasteiger partial charge in [0.05, 0.1) is 24.2 Å². The van der Waals surface area contributed by atoms with Crippen molar-refractivity contribution in [3.63, 3.8) is 0 Å². The SMILES string of the molecule is CCOc1ccc(NS(=O)(=O)c2ccc3c(c2)C(=Cc2ccc(C(=O)OC)cc2)C(=O)N3)cc1. The van der Waals surface area contributed by atoms with Gasteiger partial charge in [0.1, 0.15) is 5.75 Å². The molecule has 1 heterocycles. The van der Waals surface area contributed by atoms with Crippen molar-refractivity contribution in [3.8, 4) is 5.75 Å². The molecule has 0 aromatic heterocycles. The quantitative estimate of drug-likeness (QED) is 0.390. The van der Waals surface area contributed by atoms with E-state index in [0.717, 1.165) is 0 Å². The van der Waals surface area contributed by atoms with Crippen LogP contribution in [-0.4, -0.2) is 34.0 Å². The third-order valence-electron chi connectivity index (χ3n) is 5.14. The average molecular weight is 479 g/mol. The lowest BCUT2D eigenvalue weighted by molar-refractivity contribution is -0.110. The number of benzene rings is 3. The summed E-state index contributed by atoms with van der Waals surface area (Å²) in [6.07, 6.45) is 1.64. The third kappa shape index (κ3) is 4.79. The second-order valence-corrected chi connectivity index (χ2v) is 9.08. The first-order chi connectivity index (χ1) is 16.3. The van der Waals surface area contributed by atoms with Crippen molar-refractivity contribution in [2.45, 2.75) is 11.8 Å². The minimum absolute atomic E-state index is 0.0172. The van der Waals surface area contributed by atoms with Crippen LogP contribution < -0.4 is 14.8 Å². The molecule has 1 amide bonds. The fraction of sp³-hybridized carbons (Fsp3) is 0.120. The minimum Gasteiger partial charge on any atom is -0.494 e. The summed E-state index contributed by atoms with van der Waals surface area (Å²) in [7, 11) is -2.60. The van der Waals surface area contributed by atoms with Crippen LogP contribution >= 0.6 is 0 Å². The number of rotatable bonds is 7. The number of nitrogens with one attached hydrogen (secondary N) is 2. The average Bonchev–Trinajstić information content (AvgIpc) is 3.14. The first-order valence-electron chi connectivity index (χ1n) is 10.4. The van der Waals surface area contributed by atoms with Crippen LogP contribution in [0.2, 0.25) is 0 Å². The summed E-state index contributed by atoms with van der Waals surface area (Å²) in [6, 6.07) is 17.6. The topological polar surface area (TPSA) is 111 Å². The van der Waals surface area contributed by atoms with Gasteiger partial charge < -0.3 is 14.8 Å². The number of hydrogen-bond acceptors (Lipinski definition) is 6. The second-order valence-electron chi connectivity index (χ2n) is 7.40. The van der Waals surface area contributed by atoms with E-state index in [4.69, 9.17) is 4.74 Å². The highest BCUT2D eigenvalue weighted by Gasteiger charge is 2.27. The lowest BCUT2D eigenvalue weighted by Crippen LogP contribution is -2.13. The van der Waals surface area contributed by atoms with Gasteiger partial charge in [0.2, 0.25) is 0 Å². The third-order valence-corrected chi connectivity index (χ3v) is 6.52. The number of anilines is 2. The Hall–Kier alpha value is -4.11. The number of hydrogen-bond donors (Lipinski definition) is 2. The molecule has 0 aliphatic carbocycles. The molecule has 3 aromatic rings. The zero-order valence-corrected chi connectivity index (χ0v) is 19.3. The molecule has 0 saturated heterocycles. The van der Waals surface area contributed by atoms with Crippen molar-refractivity contribution in [2.75, 3.05) is 23.8 Å². The molecule has 34 heavy (non-hydrogen) atoms. The summed E-state index contributed by atoms with van der Waals surface area (Å²) in [6.45, 7) is 2.38. The molecule has 1 aliphatic rings. The highest BCUT2D eigenvalue weighted by molar-refractivity contribution is 7.92. The molecule has 174 valence electrons. The van der Waals surface area contributed by atoms with Gasteiger partial charge in [0.25, 0.3) is 15.9 Å². The van der Waals surface area contributed by atoms with Gasteiger partial charge >= 0.3 is 5.97 Å². The minimum atomic E-state index is -3.90. The van der Waals surface area contributed by atoms with Crippen LogP contribution in [0.3, 0.4) is 0 Å². The van der Waals surface area contributed by atoms with E-state index in [0.29, 0.717) is 46.0 Å². The van der Waals surface area contributed by atoms with E-state index in [1.165, 1.54) is 19.2 Å². The van der Waals surface area contributed by atoms with Crippen LogP contribution in [0.4, 0.5) is 11.4 Å². The number of carbonyl (C=O) groups excluding carboxylic acids is 2. The Labute approximate surface area is 197 Å². The van der Waals surface area contributed by atoms with Gasteiger partial charge in [-0.2, -0.15) is 0 Å². The van der Waals surface area contributed by atoms with E-state index >= 15 is 0 Å². The molecule has 8 nitrogen and oxygen atoms in total. The standard InChI is InChI=1S/C25H22N2O6S/c1-3-33-19-10-8-18(9-11-19)27-34(30,31)20-12-13-23-21(15-20)22(24(28)26-23)14-16-4-6-17(7-5-16)25(29)32-2/h4-15,27H,3H2,1-2H3,(H,26,28). The van der Waals surface area contributed by atoms with Gasteiger partial charge in [0.15, 0.2) is 0 Å². The van der Waals surface area contributed by atoms with E-state index in [2.05, 4.69) is 14.8 Å². The molecule has 0 spiro atoms. The lowest BCUT2D eigenvalue weighted by atomic mass is 10.0. The second kappa shape index (κ2) is 9.40. The molecule has 4 rings (SSSR count). The van der Waals surface area contributed by atoms with Crippen LogP contribution in [-0.2, 0) is 19.6 Å². The number of methoxy groups -OCH3 is 1. The van der Waals surface area contributed by atoms with Gasteiger partial charge in [-0.05, 0) is 73.2 Å². The van der Waals surface area contributed by atoms with Crippen LogP contribution in [0.1, 0.15) is 28.4 Å². The molecular formula is C25H22N2O6S. The maximum Gasteiger partial charge on any atom is 0.337 e. The van der Waals surface area contributed by atoms with Gasteiger partial charge in [-0.1, -0.05) is 12.1 Å². The van der Waals surface area contributed by atoms with Crippen LogP contribution in [0, 0.1) is 0 Å². The Morgan fingerprint density at radius 3 is 2.38 bits per heavy atom. The molecular weight excluding hydrogens is 456 g/mol. The fourth-order valence-electron chi connectivity index (χ4n) is 3.48. The molecule has 0 bridgehead atoms. The van der Waals surface area contributed by atoms with E-state index in [9.17, 15) is 18.0 Å². The zero-order valence-electron chi connectivity index (χ0n) is 18.5. The largest absolute Gasteiger partial charge is 0.494 e. The van der Waals surface area contributed by atoms with Crippen molar-refractivity contribution in [2.24, 2.45) is 0 Å². The summed E-state index contributed by atoms with van der Waals surface area (Å²) in [5.41, 5.74) is 2.75. The number of amides is 1. The highest BCUT2D eigenvalue weighted by Crippen LogP contribution is 2.35. The Kier molecular flexibility index (Phi) is 6.38. The number of carbonyl (C=O) groups is 2. The molecule has 9 heteroatoms. The van der Waals surface area contributed by atoms with Crippen LogP contribution in [0.25, 0.3) is 11.6 Å². The molecule has 0 fully saturated rings. The van der Waals surface area contributed by atoms with Gasteiger partial charge in [-0.25, -0.2) is 13.2 Å². The van der Waals surface area contributed by atoms with Crippen molar-refractivity contribution in [1.82, 2.24) is 0 Å². The van der Waals surface area contributed by atoms with E-state index in [1.807, 2.05) is 6.92 Å². The predicted molar refractivity (Wildman–Crippen MR) is 129 cm³/mol. The lowest BCUT2D eigenvalue weighted by Gasteiger charge is -2.10. The van der Waals surface area contributed by atoms with E-state index < -0.39 is 16.0 Å². The van der Waals surface area contributed by atoms with Gasteiger partial charge in [-0.3, -0.25) is 9.52 Å². The van der Waals surface area contributed by atoms with E-state index in [-0.39, 0.29) is 10.8 Å². The molecule has 0 atom stereocenters. The molecule has 0 saturated carbocycles. The number of esters is 1. The fourth-order valence-corrected chi connectivity index (χ4v) is 4.56. The first kappa shape index (κ1) is 23.1. The Bertz CT molecular complexity index is 1380. The normalized spacial score (nSPS) is 13.8. The first-order valence-corrected chi connectivity index (χ1v) is 11.9. The molecule has 0 radical (unpaired) electrons. The van der Waals surface area contributed by atoms with Crippen LogP contribution in [0.5, 0.6) is 5.75 Å². The summed E-state index contributed by atoms with van der Waals surface area (Å²) in [5, 5.41) is 2.74. The highest BCUT2D eigenvalue weighted by atomic mass is 32.2. The molecule has 3 aromatic carbocycles. The van der Waals surface area contributed by atoms with Crippen LogP contribution in [0.15, 0.2) is 71.6 Å². The molecule has 0 unspecified atom stereocenters. The number of fused-ring (bicyclic) bond motifs is 1. The Balaban J connectivity index is 1.62. The maximum absolute atomic E-state index is 13.0. The number of sulfonamides is 1. The Morgan fingerprint density at radius 2 is 1.74 bits per heavy atom. The summed E-state index contributed by atoms with van der Waals surface area (Å²) < 4.78 is 38.6. The maximum atomic E-state index is 13.0. The number of ether oxygens (including phenoxy) is 2. The van der Waals surface area contributed by atoms with Crippen molar-refractivity contribution in [3.05, 3.63) is 83.4 Å². The molecule has 1 aliphatic heterocycles. The molecule has 2 N–H and O–H groups in total. The summed E-state index contributed by atoms with van der Waals surface area (Å²) in [4.78, 5) is 24.2. The predicted octanol–water partition coefficient (Wildman–Crippen LogP) is 4.17. The summed E-state index contributed by atoms with van der Waals surface area (Å²) >= 11 is 0. The van der Waals surface area contributed by atoms with Crippen molar-refractivity contribution >= 4 is 44.9 Å². The summed E-state index contributed by atoms with van der Waals surface area (Å²) in [5.74, 6) is -0.166. The zero-order chi connectivity index (χ0) is 24.3. The smallest absolute Gasteiger partial charge is 0.337 e.